The van der Waals surface area contributed by atoms with Crippen LogP contribution in [0.1, 0.15) is 106 Å². The fourth-order valence-electron chi connectivity index (χ4n) is 17.9. The summed E-state index contributed by atoms with van der Waals surface area (Å²) in [4.78, 5) is 27.6. The molecule has 556 valence electrons. The molecule has 99 heavy (non-hydrogen) atoms. The summed E-state index contributed by atoms with van der Waals surface area (Å²) in [5, 5.41) is 124. The van der Waals surface area contributed by atoms with Crippen molar-refractivity contribution in [2.45, 2.75) is 265 Å². The molecule has 10 aliphatic rings. The zero-order chi connectivity index (χ0) is 71.2. The van der Waals surface area contributed by atoms with Crippen molar-refractivity contribution in [3.8, 4) is 0 Å². The van der Waals surface area contributed by atoms with E-state index >= 15 is 0 Å². The number of aliphatic hydroxyl groups is 11. The molecule has 32 atom stereocenters. The monoisotopic (exact) mass is 1480 g/mol. The van der Waals surface area contributed by atoms with Gasteiger partial charge in [0.1, 0.15) is 122 Å². The molecule has 3 saturated carbocycles. The van der Waals surface area contributed by atoms with Crippen LogP contribution in [0.3, 0.4) is 0 Å². The molecule has 9 fully saturated rings. The molecule has 0 bridgehead atoms. The maximum atomic E-state index is 14.8. The Hall–Kier alpha value is -0.720. The number of carbonyl (C=O) groups is 2. The molecule has 1 spiro atoms. The quantitative estimate of drug-likeness (QED) is 0.0149. The van der Waals surface area contributed by atoms with Gasteiger partial charge in [0, 0.05) is 19.4 Å². The Labute approximate surface area is 617 Å². The Morgan fingerprint density at radius 3 is 1.76 bits per heavy atom. The predicted molar refractivity (Wildman–Crippen MR) is 316 cm³/mol. The molecule has 11 N–H and O–H groups in total. The van der Waals surface area contributed by atoms with Gasteiger partial charge in [-0.1, -0.05) is 44.9 Å². The second kappa shape index (κ2) is 32.2. The Bertz CT molecular complexity index is 3080. The summed E-state index contributed by atoms with van der Waals surface area (Å²) in [5.74, 6) is -1.23. The van der Waals surface area contributed by atoms with Gasteiger partial charge < -0.3 is 127 Å². The van der Waals surface area contributed by atoms with Gasteiger partial charge in [-0.3, -0.25) is 18.0 Å². The standard InChI is InChI=1S/C61H96O34S2.2Na/c1-25(2)11-10-16-60(8)50-31(86-26(3)63)19-59(7)28-12-13-35-57(4,5)36(15-17-58(35,6)27(28)14-18-61(50,59)56(74)95-60)90-54-48(38(67)30(65)22-83-54)94-55-49(93-51-41(70)37(66)29(64)21-82-51)42(71)45(32(20-62)87-55)91-53-44(73)47(40(69)34(89-53)24-85-97(78,79)80)92-52-43(72)46(81-9)39(68)33(88-52)23-84-96(75,76)77;;/h12,27,29-55,62,64-73H,1,10-11,13-24H2,2-9H3,(H,75,76,77)(H,78,79,80);;/q;2*+1/p-2/t27-,29+,30+,31-,32+,33+,34+,35-,36?,37-,38-,39+,40+,41+,42-,43+,44+,45+,46-,47-,48+,49+,50+,51-,52-,53-,54-,55-,58+,59-,60-,61+;;/m0../s1. The summed E-state index contributed by atoms with van der Waals surface area (Å²) in [6, 6.07) is 0. The number of methoxy groups -OCH3 is 1. The summed E-state index contributed by atoms with van der Waals surface area (Å²) < 4.78 is 156. The van der Waals surface area contributed by atoms with E-state index in [1.54, 1.807) is 0 Å². The molecule has 0 aromatic carbocycles. The first-order valence-electron chi connectivity index (χ1n) is 32.6. The van der Waals surface area contributed by atoms with Crippen LogP contribution in [-0.2, 0) is 100 Å². The van der Waals surface area contributed by atoms with E-state index in [9.17, 15) is 91.7 Å². The van der Waals surface area contributed by atoms with Gasteiger partial charge in [0.05, 0.1) is 50.5 Å². The Morgan fingerprint density at radius 2 is 1.18 bits per heavy atom. The first-order valence-corrected chi connectivity index (χ1v) is 35.3. The second-order valence-corrected chi connectivity index (χ2v) is 31.0. The number of ether oxygens (including phenoxy) is 13. The number of esters is 2. The molecular weight excluding hydrogens is 1390 g/mol. The summed E-state index contributed by atoms with van der Waals surface area (Å²) >= 11 is 0. The van der Waals surface area contributed by atoms with Gasteiger partial charge >= 0.3 is 71.1 Å². The van der Waals surface area contributed by atoms with Crippen molar-refractivity contribution in [3.63, 3.8) is 0 Å². The minimum Gasteiger partial charge on any atom is -0.726 e. The van der Waals surface area contributed by atoms with Crippen LogP contribution >= 0.6 is 0 Å². The van der Waals surface area contributed by atoms with Crippen LogP contribution in [0.4, 0.5) is 0 Å². The van der Waals surface area contributed by atoms with E-state index in [4.69, 9.17) is 61.6 Å². The molecular formula is C61H94Na2O34S2. The van der Waals surface area contributed by atoms with Crippen molar-refractivity contribution in [1.82, 2.24) is 0 Å². The number of hydrogen-bond donors (Lipinski definition) is 11. The minimum absolute atomic E-state index is 0. The normalized spacial score (nSPS) is 47.4. The van der Waals surface area contributed by atoms with Crippen LogP contribution in [-0.4, -0.2) is 293 Å². The van der Waals surface area contributed by atoms with Crippen molar-refractivity contribution in [1.29, 1.82) is 0 Å². The fourth-order valence-corrected chi connectivity index (χ4v) is 18.5. The zero-order valence-electron chi connectivity index (χ0n) is 57.0. The van der Waals surface area contributed by atoms with Gasteiger partial charge in [-0.25, -0.2) is 16.8 Å². The summed E-state index contributed by atoms with van der Waals surface area (Å²) in [6.45, 7) is 13.0. The van der Waals surface area contributed by atoms with E-state index in [2.05, 4.69) is 48.7 Å². The maximum Gasteiger partial charge on any atom is 1.00 e. The maximum absolute atomic E-state index is 14.8. The van der Waals surface area contributed by atoms with Crippen LogP contribution in [0.15, 0.2) is 23.8 Å². The van der Waals surface area contributed by atoms with Gasteiger partial charge in [0.25, 0.3) is 0 Å². The smallest absolute Gasteiger partial charge is 0.726 e. The third kappa shape index (κ3) is 16.4. The average molecular weight is 1480 g/mol. The zero-order valence-corrected chi connectivity index (χ0v) is 62.6. The Morgan fingerprint density at radius 1 is 0.646 bits per heavy atom. The average Bonchev–Trinajstić information content (AvgIpc) is 1.51. The van der Waals surface area contributed by atoms with Crippen LogP contribution in [0.25, 0.3) is 0 Å². The first kappa shape index (κ1) is 83.9. The Kier molecular flexibility index (Phi) is 27.3. The predicted octanol–water partition coefficient (Wildman–Crippen LogP) is -9.43. The van der Waals surface area contributed by atoms with E-state index in [-0.39, 0.29) is 82.3 Å². The third-order valence-electron chi connectivity index (χ3n) is 22.6. The molecule has 6 aliphatic heterocycles. The summed E-state index contributed by atoms with van der Waals surface area (Å²) in [5.41, 5.74) is -1.55. The first-order chi connectivity index (χ1) is 45.2. The molecule has 0 amide bonds. The van der Waals surface area contributed by atoms with E-state index < -0.39 is 241 Å². The summed E-state index contributed by atoms with van der Waals surface area (Å²) in [6.07, 6.45) is -39.8. The van der Waals surface area contributed by atoms with Crippen LogP contribution < -0.4 is 59.1 Å². The van der Waals surface area contributed by atoms with E-state index in [1.807, 2.05) is 13.8 Å². The fraction of sp³-hybridized carbons (Fsp3) is 0.902. The number of fused-ring (bicyclic) bond motifs is 4. The number of rotatable bonds is 23. The van der Waals surface area contributed by atoms with E-state index in [0.29, 0.717) is 44.9 Å². The van der Waals surface area contributed by atoms with Crippen molar-refractivity contribution in [3.05, 3.63) is 23.8 Å². The van der Waals surface area contributed by atoms with Gasteiger partial charge in [0.2, 0.25) is 20.8 Å². The van der Waals surface area contributed by atoms with Crippen LogP contribution in [0.2, 0.25) is 0 Å². The molecule has 0 aromatic heterocycles. The van der Waals surface area contributed by atoms with Gasteiger partial charge in [0.15, 0.2) is 31.5 Å². The largest absolute Gasteiger partial charge is 1.00 e. The number of allylic oxidation sites excluding steroid dienone is 3. The van der Waals surface area contributed by atoms with E-state index in [1.165, 1.54) is 6.92 Å². The van der Waals surface area contributed by atoms with Crippen molar-refractivity contribution in [2.24, 2.45) is 39.4 Å². The molecule has 0 aromatic rings. The topological polar surface area (TPSA) is 510 Å². The minimum atomic E-state index is -5.58. The SMILES string of the molecule is C=C(C)CCC[C@]1(C)OC(=O)[C@]23CC[C@H]4C(=CC[C@H]5C(C)(C)C(O[C@@H]6OC[C@@H](O)[C@H](O)[C@H]6O[C@@H]6O[C@H](CO)[C@@H](O[C@@H]7O[C@H](COS(=O)(=O)[O-])[C@@H](O)[C@H](O[C@@H]8O[C@H](COS(=O)(=O)[O-])[C@@H](O)[C@H](OC)[C@H]8O)[C@H]7O)[C@H](O)[C@H]6O[C@@H]6OC[C@@H](O)[C@H](O)[C@H]6O)CC[C@]45C)[C@]2(C)C[C@H](OC(C)=O)[C@@H]31.[Na+].[Na+]. The van der Waals surface area contributed by atoms with Gasteiger partial charge in [-0.15, -0.1) is 6.58 Å². The molecule has 1 unspecified atom stereocenters. The third-order valence-corrected chi connectivity index (χ3v) is 23.4. The molecule has 6 heterocycles. The van der Waals surface area contributed by atoms with Crippen molar-refractivity contribution in [2.75, 3.05) is 40.1 Å². The number of cyclic esters (lactones) is 1. The number of carbonyl (C=O) groups excluding carboxylic acids is 2. The molecule has 0 radical (unpaired) electrons. The molecule has 10 rings (SSSR count). The summed E-state index contributed by atoms with van der Waals surface area (Å²) in [7, 11) is -10.0. The number of hydrogen-bond acceptors (Lipinski definition) is 34. The Balaban J connectivity index is 0.00000624. The molecule has 6 saturated heterocycles. The van der Waals surface area contributed by atoms with E-state index in [0.717, 1.165) is 31.1 Å². The van der Waals surface area contributed by atoms with Crippen LogP contribution in [0.5, 0.6) is 0 Å². The number of aliphatic hydroxyl groups excluding tert-OH is 11. The van der Waals surface area contributed by atoms with Gasteiger partial charge in [-0.05, 0) is 94.3 Å². The van der Waals surface area contributed by atoms with Crippen molar-refractivity contribution >= 4 is 32.7 Å². The van der Waals surface area contributed by atoms with Crippen molar-refractivity contribution < 1.29 is 221 Å². The second-order valence-electron chi connectivity index (χ2n) is 28.9. The van der Waals surface area contributed by atoms with Gasteiger partial charge in [-0.2, -0.15) is 0 Å². The molecule has 38 heteroatoms. The molecule has 34 nitrogen and oxygen atoms in total. The van der Waals surface area contributed by atoms with Crippen LogP contribution in [0, 0.1) is 39.4 Å². The molecule has 4 aliphatic carbocycles.